The summed E-state index contributed by atoms with van der Waals surface area (Å²) in [7, 11) is 0. The topological polar surface area (TPSA) is 57.8 Å². The zero-order valence-corrected chi connectivity index (χ0v) is 41.0. The summed E-state index contributed by atoms with van der Waals surface area (Å²) in [5.41, 5.74) is 18.0. The van der Waals surface area contributed by atoms with Crippen molar-refractivity contribution in [2.75, 3.05) is 0 Å². The summed E-state index contributed by atoms with van der Waals surface area (Å²) in [6.07, 6.45) is 0. The molecule has 16 rings (SSSR count). The van der Waals surface area contributed by atoms with Crippen molar-refractivity contribution < 1.29 is 4.74 Å². The fourth-order valence-corrected chi connectivity index (χ4v) is 12.7. The standard InChI is InChI=1S/C70H43N5O/c1-5-20-44(21-6-1)67-71-68(45-22-7-2-8-23-45)73-69(72-67)51-29-19-32-57-64(51)52-42-46(36-38-54(52)70(57)55-30-14-17-34-62(55)76-63-35-18-15-31-56(63)70)47-37-39-59-53(43-47)66-61(75(59)49-26-11-4-12-27-49)41-40-60-65(66)50-28-13-16-33-58(50)74(60)48-24-9-3-10-25-48/h1-43H. The molecule has 2 aliphatic rings. The molecule has 14 aromatic rings. The second-order valence-corrected chi connectivity index (χ2v) is 19.8. The number of ether oxygens (including phenoxy) is 1. The highest BCUT2D eigenvalue weighted by Crippen LogP contribution is 2.63. The van der Waals surface area contributed by atoms with Crippen LogP contribution in [0.15, 0.2) is 261 Å². The maximum Gasteiger partial charge on any atom is 0.164 e. The molecule has 6 heteroatoms. The van der Waals surface area contributed by atoms with E-state index in [1.807, 2.05) is 36.4 Å². The van der Waals surface area contributed by atoms with E-state index in [2.05, 4.69) is 234 Å². The fraction of sp³-hybridized carbons (Fsp3) is 0.0143. The Balaban J connectivity index is 0.983. The minimum atomic E-state index is -0.714. The Morgan fingerprint density at radius 1 is 0.303 bits per heavy atom. The summed E-state index contributed by atoms with van der Waals surface area (Å²) >= 11 is 0. The average molecular weight is 970 g/mol. The zero-order valence-electron chi connectivity index (χ0n) is 41.0. The van der Waals surface area contributed by atoms with Crippen LogP contribution in [0.3, 0.4) is 0 Å². The summed E-state index contributed by atoms with van der Waals surface area (Å²) < 4.78 is 11.6. The van der Waals surface area contributed by atoms with Gasteiger partial charge in [0.15, 0.2) is 17.5 Å². The van der Waals surface area contributed by atoms with Gasteiger partial charge in [-0.3, -0.25) is 0 Å². The number of aromatic nitrogens is 5. The molecule has 6 nitrogen and oxygen atoms in total. The summed E-state index contributed by atoms with van der Waals surface area (Å²) in [6.45, 7) is 0. The van der Waals surface area contributed by atoms with Gasteiger partial charge in [-0.2, -0.15) is 0 Å². The van der Waals surface area contributed by atoms with Gasteiger partial charge in [-0.1, -0.05) is 188 Å². The first-order chi connectivity index (χ1) is 37.7. The molecule has 0 saturated carbocycles. The van der Waals surface area contributed by atoms with Crippen molar-refractivity contribution in [3.05, 3.63) is 283 Å². The molecule has 0 radical (unpaired) electrons. The molecular formula is C70H43N5O. The normalized spacial score (nSPS) is 12.9. The molecule has 1 aliphatic carbocycles. The SMILES string of the molecule is c1ccc(-c2nc(-c3ccccc3)nc(-c3cccc4c3-c3cc(-c5ccc6c(c5)c5c7c8ccccc8n(-c8ccccc8)c7ccc5n6-c5ccccc5)ccc3C43c4ccccc4Oc4ccccc43)n2)cc1. The predicted octanol–water partition coefficient (Wildman–Crippen LogP) is 17.2. The molecule has 11 aromatic carbocycles. The van der Waals surface area contributed by atoms with Crippen LogP contribution in [0.4, 0.5) is 0 Å². The van der Waals surface area contributed by atoms with E-state index in [4.69, 9.17) is 19.7 Å². The minimum Gasteiger partial charge on any atom is -0.457 e. The molecule has 0 N–H and O–H groups in total. The van der Waals surface area contributed by atoms with Crippen LogP contribution >= 0.6 is 0 Å². The molecule has 1 spiro atoms. The summed E-state index contributed by atoms with van der Waals surface area (Å²) in [5.74, 6) is 3.53. The van der Waals surface area contributed by atoms with Crippen molar-refractivity contribution in [2.24, 2.45) is 0 Å². The Morgan fingerprint density at radius 2 is 0.776 bits per heavy atom. The molecule has 1 aliphatic heterocycles. The average Bonchev–Trinajstić information content (AvgIpc) is 4.19. The van der Waals surface area contributed by atoms with E-state index in [1.165, 1.54) is 38.1 Å². The molecule has 0 bridgehead atoms. The molecule has 3 aromatic heterocycles. The van der Waals surface area contributed by atoms with E-state index >= 15 is 0 Å². The van der Waals surface area contributed by atoms with Gasteiger partial charge >= 0.3 is 0 Å². The third-order valence-electron chi connectivity index (χ3n) is 15.8. The Labute approximate surface area is 438 Å². The maximum absolute atomic E-state index is 6.79. The number of rotatable bonds is 6. The van der Waals surface area contributed by atoms with Crippen LogP contribution in [0.1, 0.15) is 22.3 Å². The second kappa shape index (κ2) is 16.4. The highest BCUT2D eigenvalue weighted by molar-refractivity contribution is 6.29. The van der Waals surface area contributed by atoms with Gasteiger partial charge in [0.2, 0.25) is 0 Å². The quantitative estimate of drug-likeness (QED) is 0.167. The zero-order chi connectivity index (χ0) is 49.9. The van der Waals surface area contributed by atoms with E-state index in [9.17, 15) is 0 Å². The summed E-state index contributed by atoms with van der Waals surface area (Å²) in [4.78, 5) is 15.8. The second-order valence-electron chi connectivity index (χ2n) is 19.8. The van der Waals surface area contributed by atoms with Crippen molar-refractivity contribution in [3.8, 4) is 79.3 Å². The molecule has 4 heterocycles. The number of hydrogen-bond acceptors (Lipinski definition) is 4. The van der Waals surface area contributed by atoms with Gasteiger partial charge in [-0.15, -0.1) is 0 Å². The van der Waals surface area contributed by atoms with Crippen LogP contribution < -0.4 is 4.74 Å². The van der Waals surface area contributed by atoms with Gasteiger partial charge in [-0.05, 0) is 106 Å². The smallest absolute Gasteiger partial charge is 0.164 e. The number of nitrogens with zero attached hydrogens (tertiary/aromatic N) is 5. The molecule has 0 amide bonds. The van der Waals surface area contributed by atoms with Crippen molar-refractivity contribution in [1.29, 1.82) is 0 Å². The van der Waals surface area contributed by atoms with Gasteiger partial charge in [0.05, 0.1) is 27.5 Å². The van der Waals surface area contributed by atoms with E-state index in [-0.39, 0.29) is 0 Å². The molecule has 0 atom stereocenters. The van der Waals surface area contributed by atoms with Crippen LogP contribution in [0, 0.1) is 0 Å². The van der Waals surface area contributed by atoms with Crippen LogP contribution in [-0.4, -0.2) is 24.1 Å². The third kappa shape index (κ3) is 6.06. The molecule has 0 saturated heterocycles. The first-order valence-electron chi connectivity index (χ1n) is 25.8. The van der Waals surface area contributed by atoms with Crippen LogP contribution in [-0.2, 0) is 5.41 Å². The largest absolute Gasteiger partial charge is 0.457 e. The lowest BCUT2D eigenvalue weighted by atomic mass is 9.66. The summed E-state index contributed by atoms with van der Waals surface area (Å²) in [5, 5.41) is 4.88. The molecule has 354 valence electrons. The minimum absolute atomic E-state index is 0.611. The first kappa shape index (κ1) is 42.3. The number of hydrogen-bond donors (Lipinski definition) is 0. The van der Waals surface area contributed by atoms with Gasteiger partial charge in [0.1, 0.15) is 11.5 Å². The van der Waals surface area contributed by atoms with Crippen LogP contribution in [0.5, 0.6) is 11.5 Å². The lowest BCUT2D eigenvalue weighted by Gasteiger charge is -2.39. The number of para-hydroxylation sites is 5. The van der Waals surface area contributed by atoms with Crippen molar-refractivity contribution >= 4 is 43.6 Å². The molecule has 76 heavy (non-hydrogen) atoms. The van der Waals surface area contributed by atoms with Gasteiger partial charge < -0.3 is 13.9 Å². The Morgan fingerprint density at radius 3 is 1.41 bits per heavy atom. The monoisotopic (exact) mass is 969 g/mol. The Bertz CT molecular complexity index is 4550. The summed E-state index contributed by atoms with van der Waals surface area (Å²) in [6, 6.07) is 93.3. The maximum atomic E-state index is 6.79. The van der Waals surface area contributed by atoms with Gasteiger partial charge in [-0.25, -0.2) is 15.0 Å². The Kier molecular flexibility index (Phi) is 9.15. The molecule has 0 fully saturated rings. The van der Waals surface area contributed by atoms with Crippen molar-refractivity contribution in [2.45, 2.75) is 5.41 Å². The predicted molar refractivity (Wildman–Crippen MR) is 308 cm³/mol. The Hall–Kier alpha value is -10.2. The van der Waals surface area contributed by atoms with E-state index < -0.39 is 5.41 Å². The first-order valence-corrected chi connectivity index (χ1v) is 25.8. The van der Waals surface area contributed by atoms with Crippen LogP contribution in [0.2, 0.25) is 0 Å². The molecule has 0 unspecified atom stereocenters. The molecular weight excluding hydrogens is 927 g/mol. The van der Waals surface area contributed by atoms with Crippen molar-refractivity contribution in [3.63, 3.8) is 0 Å². The van der Waals surface area contributed by atoms with Gasteiger partial charge in [0, 0.05) is 60.7 Å². The highest BCUT2D eigenvalue weighted by Gasteiger charge is 2.52. The van der Waals surface area contributed by atoms with E-state index in [0.29, 0.717) is 17.5 Å². The highest BCUT2D eigenvalue weighted by atomic mass is 16.5. The van der Waals surface area contributed by atoms with Crippen molar-refractivity contribution in [1.82, 2.24) is 24.1 Å². The number of benzene rings is 11. The van der Waals surface area contributed by atoms with Crippen LogP contribution in [0.25, 0.3) is 111 Å². The fourth-order valence-electron chi connectivity index (χ4n) is 12.7. The lowest BCUT2D eigenvalue weighted by molar-refractivity contribution is 0.436. The van der Waals surface area contributed by atoms with E-state index in [1.54, 1.807) is 0 Å². The lowest BCUT2D eigenvalue weighted by Crippen LogP contribution is -2.32. The van der Waals surface area contributed by atoms with Gasteiger partial charge in [0.25, 0.3) is 0 Å². The number of fused-ring (bicyclic) bond motifs is 16. The third-order valence-corrected chi connectivity index (χ3v) is 15.8. The van der Waals surface area contributed by atoms with E-state index in [0.717, 1.165) is 89.5 Å².